The Balaban J connectivity index is 1.60. The summed E-state index contributed by atoms with van der Waals surface area (Å²) in [5, 5.41) is 33.6. The molecular weight excluding hydrogens is 608 g/mol. The van der Waals surface area contributed by atoms with Crippen molar-refractivity contribution in [2.24, 2.45) is 36.7 Å². The van der Waals surface area contributed by atoms with Crippen LogP contribution in [0.15, 0.2) is 115 Å². The van der Waals surface area contributed by atoms with Crippen molar-refractivity contribution in [3.8, 4) is 5.75 Å². The highest BCUT2D eigenvalue weighted by Gasteiger charge is 2.24. The molecule has 0 spiro atoms. The molecule has 5 aromatic rings. The molecule has 0 radical (unpaired) electrons. The van der Waals surface area contributed by atoms with Crippen molar-refractivity contribution in [2.75, 3.05) is 5.73 Å². The molecule has 5 rings (SSSR count). The average Bonchev–Trinajstić information content (AvgIpc) is 3.06. The van der Waals surface area contributed by atoms with E-state index in [-0.39, 0.29) is 27.9 Å². The molecule has 16 nitrogen and oxygen atoms in total. The lowest BCUT2D eigenvalue weighted by Gasteiger charge is -2.10. The topological polar surface area (TPSA) is 258 Å². The summed E-state index contributed by atoms with van der Waals surface area (Å²) in [5.41, 5.74) is 5.60. The predicted octanol–water partition coefficient (Wildman–Crippen LogP) is 6.50. The second-order valence-electron chi connectivity index (χ2n) is 9.21. The third-order valence-corrected chi connectivity index (χ3v) is 7.56. The Bertz CT molecular complexity index is 2200. The van der Waals surface area contributed by atoms with E-state index in [1.165, 1.54) is 36.4 Å². The van der Waals surface area contributed by atoms with Gasteiger partial charge in [0.05, 0.1) is 17.1 Å². The molecule has 0 aliphatic heterocycles. The highest BCUT2D eigenvalue weighted by molar-refractivity contribution is 7.86. The first-order chi connectivity index (χ1) is 21.6. The largest absolute Gasteiger partial charge is 0.505 e. The predicted molar refractivity (Wildman–Crippen MR) is 161 cm³/mol. The van der Waals surface area contributed by atoms with Crippen LogP contribution in [0.2, 0.25) is 0 Å². The summed E-state index contributed by atoms with van der Waals surface area (Å²) in [4.78, 5) is 44.6. The van der Waals surface area contributed by atoms with E-state index in [1.54, 1.807) is 24.3 Å². The highest BCUT2D eigenvalue weighted by atomic mass is 32.2. The summed E-state index contributed by atoms with van der Waals surface area (Å²) < 4.78 is 29.4. The monoisotopic (exact) mass is 626 g/mol. The lowest BCUT2D eigenvalue weighted by molar-refractivity contribution is 0.0999. The van der Waals surface area contributed by atoms with Crippen LogP contribution >= 0.6 is 0 Å². The summed E-state index contributed by atoms with van der Waals surface area (Å²) in [5.74, 6) is 2.09. The third-order valence-electron chi connectivity index (χ3n) is 6.46. The lowest BCUT2D eigenvalue weighted by Crippen LogP contribution is -2.11. The molecular formula is C28H18N8O8S. The van der Waals surface area contributed by atoms with Crippen LogP contribution in [0.4, 0.5) is 28.4 Å². The fraction of sp³-hybridized carbons (Fsp3) is 0. The normalized spacial score (nSPS) is 11.8. The second-order valence-corrected chi connectivity index (χ2v) is 10.8. The molecule has 0 saturated heterocycles. The van der Waals surface area contributed by atoms with Crippen molar-refractivity contribution in [3.05, 3.63) is 99.8 Å². The average molecular weight is 627 g/mol. The first-order valence-corrected chi connectivity index (χ1v) is 13.9. The van der Waals surface area contributed by atoms with Gasteiger partial charge in [-0.25, -0.2) is 0 Å². The fourth-order valence-electron chi connectivity index (χ4n) is 4.38. The number of nitrogens with zero attached hydrogens (tertiary/aromatic N) is 6. The van der Waals surface area contributed by atoms with E-state index in [1.807, 2.05) is 0 Å². The maximum Gasteiger partial charge on any atom is 0.316 e. The number of hydrogen-bond acceptors (Lipinski definition) is 14. The molecule has 5 N–H and O–H groups in total. The van der Waals surface area contributed by atoms with Crippen LogP contribution in [0.3, 0.4) is 0 Å². The standard InChI is InChI=1S/C28H18N8O8S/c29-17-6-5-14-12-24(45(42,43)44-30)25(26(37)21(14)13-17)34-33-23-8-7-22(19-3-1-2-4-20(19)23)32-31-18-10-15(27(38)35-40)9-16(11-18)28(39)36-41/h1-13,37H,29-30H2. The van der Waals surface area contributed by atoms with Gasteiger partial charge < -0.3 is 10.8 Å². The second kappa shape index (κ2) is 12.2. The number of azo groups is 2. The first-order valence-electron chi connectivity index (χ1n) is 12.5. The summed E-state index contributed by atoms with van der Waals surface area (Å²) in [6, 6.07) is 18.7. The number of nitrogens with two attached hydrogens (primary N) is 2. The van der Waals surface area contributed by atoms with E-state index < -0.39 is 38.3 Å². The van der Waals surface area contributed by atoms with Gasteiger partial charge in [0.1, 0.15) is 10.6 Å². The molecule has 0 aliphatic carbocycles. The van der Waals surface area contributed by atoms with Gasteiger partial charge >= 0.3 is 21.9 Å². The van der Waals surface area contributed by atoms with Gasteiger partial charge in [-0.3, -0.25) is 9.59 Å². The number of aromatic hydroxyl groups is 1. The van der Waals surface area contributed by atoms with Crippen LogP contribution in [0.25, 0.3) is 21.5 Å². The Labute approximate surface area is 252 Å². The molecule has 0 aliphatic rings. The summed E-state index contributed by atoms with van der Waals surface area (Å²) in [6.45, 7) is 0. The van der Waals surface area contributed by atoms with Crippen LogP contribution in [0.1, 0.15) is 20.7 Å². The number of nitrogen functional groups attached to an aromatic ring is 1. The molecule has 224 valence electrons. The lowest BCUT2D eigenvalue weighted by atomic mass is 10.1. The maximum absolute atomic E-state index is 12.6. The van der Waals surface area contributed by atoms with Crippen LogP contribution in [-0.4, -0.2) is 25.3 Å². The third kappa shape index (κ3) is 6.02. The number of nitroso groups, excluding NO2 is 2. The van der Waals surface area contributed by atoms with Crippen molar-refractivity contribution in [1.82, 2.24) is 0 Å². The van der Waals surface area contributed by atoms with Gasteiger partial charge in [0.15, 0.2) is 5.75 Å². The van der Waals surface area contributed by atoms with Crippen molar-refractivity contribution in [3.63, 3.8) is 0 Å². The number of phenols is 1. The van der Waals surface area contributed by atoms with Crippen LogP contribution in [0.5, 0.6) is 5.75 Å². The van der Waals surface area contributed by atoms with Gasteiger partial charge in [-0.15, -0.1) is 25.2 Å². The summed E-state index contributed by atoms with van der Waals surface area (Å²) >= 11 is 0. The van der Waals surface area contributed by atoms with Gasteiger partial charge in [-0.05, 0) is 53.9 Å². The van der Waals surface area contributed by atoms with Crippen LogP contribution < -0.4 is 11.6 Å². The van der Waals surface area contributed by atoms with Crippen LogP contribution in [-0.2, 0) is 14.4 Å². The number of fused-ring (bicyclic) bond motifs is 2. The number of phenolic OH excluding ortho intramolecular Hbond substituents is 1. The van der Waals surface area contributed by atoms with Gasteiger partial charge in [-0.1, -0.05) is 30.3 Å². The zero-order chi connectivity index (χ0) is 32.3. The van der Waals surface area contributed by atoms with E-state index in [2.05, 4.69) is 35.1 Å². The maximum atomic E-state index is 12.6. The zero-order valence-corrected chi connectivity index (χ0v) is 23.4. The minimum atomic E-state index is -4.54. The van der Waals surface area contributed by atoms with E-state index in [0.29, 0.717) is 27.5 Å². The summed E-state index contributed by atoms with van der Waals surface area (Å²) in [6.07, 6.45) is 0. The number of carbonyl (C=O) groups is 2. The van der Waals surface area contributed by atoms with Gasteiger partial charge in [0.25, 0.3) is 0 Å². The van der Waals surface area contributed by atoms with E-state index in [9.17, 15) is 32.9 Å². The quantitative estimate of drug-likeness (QED) is 0.0728. The first kappa shape index (κ1) is 30.3. The number of carbonyl (C=O) groups excluding carboxylic acids is 2. The molecule has 0 unspecified atom stereocenters. The zero-order valence-electron chi connectivity index (χ0n) is 22.6. The molecule has 45 heavy (non-hydrogen) atoms. The van der Waals surface area contributed by atoms with Crippen molar-refractivity contribution >= 4 is 71.9 Å². The molecule has 0 heterocycles. The van der Waals surface area contributed by atoms with Crippen molar-refractivity contribution in [1.29, 1.82) is 0 Å². The van der Waals surface area contributed by atoms with Crippen molar-refractivity contribution < 1.29 is 27.4 Å². The molecule has 0 aromatic heterocycles. The molecule has 17 heteroatoms. The van der Waals surface area contributed by atoms with E-state index in [0.717, 1.165) is 18.2 Å². The van der Waals surface area contributed by atoms with Gasteiger partial charge in [0.2, 0.25) is 0 Å². The van der Waals surface area contributed by atoms with Crippen molar-refractivity contribution in [2.45, 2.75) is 4.90 Å². The Kier molecular flexibility index (Phi) is 8.22. The number of amides is 2. The molecule has 0 saturated carbocycles. The van der Waals surface area contributed by atoms with Gasteiger partial charge in [-0.2, -0.15) is 23.7 Å². The van der Waals surface area contributed by atoms with E-state index >= 15 is 0 Å². The van der Waals surface area contributed by atoms with Gasteiger partial charge in [0, 0.05) is 43.3 Å². The number of rotatable bonds is 8. The molecule has 2 amide bonds. The van der Waals surface area contributed by atoms with Crippen LogP contribution in [0, 0.1) is 9.81 Å². The summed E-state index contributed by atoms with van der Waals surface area (Å²) in [7, 11) is -4.54. The number of benzene rings is 5. The molecule has 0 bridgehead atoms. The Hall–Kier alpha value is -6.17. The van der Waals surface area contributed by atoms with E-state index in [4.69, 9.17) is 11.6 Å². The smallest absolute Gasteiger partial charge is 0.316 e. The highest BCUT2D eigenvalue weighted by Crippen LogP contribution is 2.43. The molecule has 5 aromatic carbocycles. The number of hydrogen-bond donors (Lipinski definition) is 3. The minimum absolute atomic E-state index is 0.0485. The SMILES string of the molecule is NOS(=O)(=O)c1cc2ccc(N)cc2c(O)c1N=Nc1ccc(N=Nc2cc(C(=O)N=O)cc(C(=O)N=O)c2)c2ccccc12. The minimum Gasteiger partial charge on any atom is -0.505 e. The Morgan fingerprint density at radius 2 is 1.29 bits per heavy atom. The molecule has 0 fully saturated rings. The fourth-order valence-corrected chi connectivity index (χ4v) is 5.13. The number of anilines is 1. The Morgan fingerprint density at radius 1 is 0.711 bits per heavy atom. The Morgan fingerprint density at radius 3 is 1.84 bits per heavy atom. The molecule has 0 atom stereocenters.